The Bertz CT molecular complexity index is 787. The average molecular weight is 291 g/mol. The van der Waals surface area contributed by atoms with Crippen LogP contribution in [0, 0.1) is 13.8 Å². The van der Waals surface area contributed by atoms with Crippen LogP contribution in [-0.4, -0.2) is 20.2 Å². The van der Waals surface area contributed by atoms with Crippen molar-refractivity contribution >= 4 is 11.8 Å². The van der Waals surface area contributed by atoms with Crippen LogP contribution in [0.15, 0.2) is 54.7 Å². The first-order chi connectivity index (χ1) is 10.7. The molecule has 5 heteroatoms. The number of aryl methyl sites for hydroxylation is 2. The summed E-state index contributed by atoms with van der Waals surface area (Å²) in [6.07, 6.45) is 3.70. The lowest BCUT2D eigenvalue weighted by Crippen LogP contribution is -2.00. The van der Waals surface area contributed by atoms with Gasteiger partial charge in [0.2, 0.25) is 0 Å². The van der Waals surface area contributed by atoms with Gasteiger partial charge in [-0.25, -0.2) is 0 Å². The normalized spacial score (nSPS) is 11.0. The molecule has 110 valence electrons. The van der Waals surface area contributed by atoms with Crippen molar-refractivity contribution < 1.29 is 0 Å². The summed E-state index contributed by atoms with van der Waals surface area (Å²) in [5.41, 5.74) is 4.39. The molecule has 2 aromatic carbocycles. The number of nitrogens with zero attached hydrogens (tertiary/aromatic N) is 4. The number of tetrazole rings is 1. The van der Waals surface area contributed by atoms with E-state index in [1.807, 2.05) is 54.7 Å². The van der Waals surface area contributed by atoms with Crippen LogP contribution in [0.4, 0.5) is 5.69 Å². The molecule has 0 fully saturated rings. The van der Waals surface area contributed by atoms with Crippen LogP contribution in [0.1, 0.15) is 17.0 Å². The van der Waals surface area contributed by atoms with Gasteiger partial charge in [-0.2, -0.15) is 4.68 Å². The van der Waals surface area contributed by atoms with Gasteiger partial charge in [0.15, 0.2) is 5.82 Å². The minimum absolute atomic E-state index is 0.671. The molecule has 0 aliphatic carbocycles. The van der Waals surface area contributed by atoms with Gasteiger partial charge in [0.1, 0.15) is 0 Å². The van der Waals surface area contributed by atoms with Gasteiger partial charge in [0, 0.05) is 18.0 Å². The number of hydrogen-bond donors (Lipinski definition) is 1. The van der Waals surface area contributed by atoms with Gasteiger partial charge in [0.25, 0.3) is 0 Å². The van der Waals surface area contributed by atoms with Crippen LogP contribution >= 0.6 is 0 Å². The van der Waals surface area contributed by atoms with Gasteiger partial charge >= 0.3 is 0 Å². The van der Waals surface area contributed by atoms with Crippen LogP contribution in [0.5, 0.6) is 0 Å². The van der Waals surface area contributed by atoms with E-state index in [0.29, 0.717) is 5.82 Å². The van der Waals surface area contributed by atoms with E-state index in [9.17, 15) is 0 Å². The third-order valence-corrected chi connectivity index (χ3v) is 3.39. The second-order valence-electron chi connectivity index (χ2n) is 5.08. The number of hydrogen-bond acceptors (Lipinski definition) is 4. The molecule has 0 unspecified atom stereocenters. The fraction of sp³-hybridized carbons (Fsp3) is 0.118. The van der Waals surface area contributed by atoms with Crippen molar-refractivity contribution in [1.82, 2.24) is 20.2 Å². The summed E-state index contributed by atoms with van der Waals surface area (Å²) < 4.78 is 1.70. The first kappa shape index (κ1) is 14.0. The van der Waals surface area contributed by atoms with Crippen molar-refractivity contribution in [1.29, 1.82) is 0 Å². The zero-order valence-electron chi connectivity index (χ0n) is 12.6. The number of benzene rings is 2. The van der Waals surface area contributed by atoms with E-state index < -0.39 is 0 Å². The maximum absolute atomic E-state index is 4.04. The molecule has 5 nitrogen and oxygen atoms in total. The molecular weight excluding hydrogens is 274 g/mol. The first-order valence-electron chi connectivity index (χ1n) is 7.08. The maximum Gasteiger partial charge on any atom is 0.181 e. The number of para-hydroxylation sites is 1. The molecule has 3 aromatic rings. The lowest BCUT2D eigenvalue weighted by Gasteiger charge is -2.04. The Balaban J connectivity index is 1.79. The predicted octanol–water partition coefficient (Wildman–Crippen LogP) is 3.36. The highest BCUT2D eigenvalue weighted by atomic mass is 15.5. The van der Waals surface area contributed by atoms with Crippen LogP contribution in [0.2, 0.25) is 0 Å². The molecule has 0 aliphatic rings. The monoisotopic (exact) mass is 291 g/mol. The van der Waals surface area contributed by atoms with Crippen LogP contribution < -0.4 is 5.32 Å². The van der Waals surface area contributed by atoms with Crippen molar-refractivity contribution in [2.45, 2.75) is 13.8 Å². The summed E-state index contributed by atoms with van der Waals surface area (Å²) >= 11 is 0. The standard InChI is InChI=1S/C17H17N5/c1-13-7-9-15(10-8-13)22-17(19-20-21-22)11-12-18-16-6-4-3-5-14(16)2/h3-12,18H,1-2H3/b12-11-. The van der Waals surface area contributed by atoms with Crippen LogP contribution in [0.25, 0.3) is 11.8 Å². The fourth-order valence-corrected chi connectivity index (χ4v) is 2.11. The molecule has 3 rings (SSSR count). The van der Waals surface area contributed by atoms with Crippen molar-refractivity contribution in [2.24, 2.45) is 0 Å². The maximum atomic E-state index is 4.04. The van der Waals surface area contributed by atoms with Crippen molar-refractivity contribution in [3.63, 3.8) is 0 Å². The van der Waals surface area contributed by atoms with Gasteiger partial charge in [-0.05, 0) is 48.0 Å². The summed E-state index contributed by atoms with van der Waals surface area (Å²) in [5, 5.41) is 15.1. The Morgan fingerprint density at radius 1 is 1.00 bits per heavy atom. The Morgan fingerprint density at radius 3 is 2.55 bits per heavy atom. The lowest BCUT2D eigenvalue weighted by atomic mass is 10.2. The van der Waals surface area contributed by atoms with Crippen molar-refractivity contribution in [3.8, 4) is 5.69 Å². The second kappa shape index (κ2) is 6.22. The number of aromatic nitrogens is 4. The lowest BCUT2D eigenvalue weighted by molar-refractivity contribution is 0.786. The largest absolute Gasteiger partial charge is 0.361 e. The summed E-state index contributed by atoms with van der Waals surface area (Å²) in [6.45, 7) is 4.11. The quantitative estimate of drug-likeness (QED) is 0.801. The molecule has 0 atom stereocenters. The Labute approximate surface area is 129 Å². The van der Waals surface area contributed by atoms with Gasteiger partial charge < -0.3 is 5.32 Å². The molecule has 0 aliphatic heterocycles. The second-order valence-corrected chi connectivity index (χ2v) is 5.08. The zero-order valence-corrected chi connectivity index (χ0v) is 12.6. The third-order valence-electron chi connectivity index (χ3n) is 3.39. The SMILES string of the molecule is Cc1ccc(-n2nnnc2/C=C\Nc2ccccc2C)cc1. The Kier molecular flexibility index (Phi) is 3.96. The molecule has 0 saturated heterocycles. The predicted molar refractivity (Wildman–Crippen MR) is 87.7 cm³/mol. The number of rotatable bonds is 4. The number of anilines is 1. The van der Waals surface area contributed by atoms with Gasteiger partial charge in [-0.15, -0.1) is 5.10 Å². The summed E-state index contributed by atoms with van der Waals surface area (Å²) in [7, 11) is 0. The Morgan fingerprint density at radius 2 is 1.77 bits per heavy atom. The highest BCUT2D eigenvalue weighted by Gasteiger charge is 2.04. The van der Waals surface area contributed by atoms with Gasteiger partial charge in [-0.3, -0.25) is 0 Å². The summed E-state index contributed by atoms with van der Waals surface area (Å²) in [5.74, 6) is 0.671. The van der Waals surface area contributed by atoms with E-state index in [0.717, 1.165) is 11.4 Å². The molecule has 0 amide bonds. The van der Waals surface area contributed by atoms with Crippen molar-refractivity contribution in [3.05, 3.63) is 71.7 Å². The molecule has 0 bridgehead atoms. The zero-order chi connectivity index (χ0) is 15.4. The van der Waals surface area contributed by atoms with E-state index in [1.165, 1.54) is 11.1 Å². The minimum atomic E-state index is 0.671. The van der Waals surface area contributed by atoms with Crippen LogP contribution in [0.3, 0.4) is 0 Å². The minimum Gasteiger partial charge on any atom is -0.361 e. The molecule has 1 aromatic heterocycles. The third kappa shape index (κ3) is 3.03. The molecule has 0 spiro atoms. The molecule has 22 heavy (non-hydrogen) atoms. The molecule has 0 saturated carbocycles. The van der Waals surface area contributed by atoms with Crippen molar-refractivity contribution in [2.75, 3.05) is 5.32 Å². The topological polar surface area (TPSA) is 55.6 Å². The highest BCUT2D eigenvalue weighted by Crippen LogP contribution is 2.14. The summed E-state index contributed by atoms with van der Waals surface area (Å²) in [6, 6.07) is 16.2. The average Bonchev–Trinajstić information content (AvgIpc) is 2.98. The number of nitrogens with one attached hydrogen (secondary N) is 1. The molecule has 0 radical (unpaired) electrons. The summed E-state index contributed by atoms with van der Waals surface area (Å²) in [4.78, 5) is 0. The van der Waals surface area contributed by atoms with E-state index in [4.69, 9.17) is 0 Å². The van der Waals surface area contributed by atoms with E-state index in [-0.39, 0.29) is 0 Å². The van der Waals surface area contributed by atoms with E-state index in [2.05, 4.69) is 40.8 Å². The molecule has 1 N–H and O–H groups in total. The highest BCUT2D eigenvalue weighted by molar-refractivity contribution is 5.56. The first-order valence-corrected chi connectivity index (χ1v) is 7.08. The Hall–Kier alpha value is -2.95. The van der Waals surface area contributed by atoms with Crippen LogP contribution in [-0.2, 0) is 0 Å². The van der Waals surface area contributed by atoms with E-state index >= 15 is 0 Å². The van der Waals surface area contributed by atoms with E-state index in [1.54, 1.807) is 4.68 Å². The van der Waals surface area contributed by atoms with Gasteiger partial charge in [-0.1, -0.05) is 35.9 Å². The smallest absolute Gasteiger partial charge is 0.181 e. The fourth-order valence-electron chi connectivity index (χ4n) is 2.11. The molecule has 1 heterocycles. The molecular formula is C17H17N5. The van der Waals surface area contributed by atoms with Gasteiger partial charge in [0.05, 0.1) is 5.69 Å².